The Kier molecular flexibility index (Phi) is 2.83. The van der Waals surface area contributed by atoms with Gasteiger partial charge in [-0.3, -0.25) is 0 Å². The van der Waals surface area contributed by atoms with Crippen LogP contribution < -0.4 is 4.74 Å². The average molecular weight is 250 g/mol. The van der Waals surface area contributed by atoms with Crippen LogP contribution in [0.1, 0.15) is 37.9 Å². The highest BCUT2D eigenvalue weighted by Crippen LogP contribution is 2.48. The van der Waals surface area contributed by atoms with Gasteiger partial charge in [0.15, 0.2) is 0 Å². The maximum Gasteiger partial charge on any atom is 0.126 e. The molecule has 92 valence electrons. The van der Waals surface area contributed by atoms with Crippen LogP contribution in [0.4, 0.5) is 0 Å². The van der Waals surface area contributed by atoms with E-state index in [9.17, 15) is 5.11 Å². The largest absolute Gasteiger partial charge is 0.486 e. The molecular weight excluding hydrogens is 232 g/mol. The quantitative estimate of drug-likeness (QED) is 0.767. The first-order chi connectivity index (χ1) is 8.21. The van der Waals surface area contributed by atoms with Crippen LogP contribution in [0.2, 0.25) is 0 Å². The third-order valence-corrected chi connectivity index (χ3v) is 5.44. The number of para-hydroxylation sites is 1. The van der Waals surface area contributed by atoms with E-state index < -0.39 is 0 Å². The Balaban J connectivity index is 1.97. The van der Waals surface area contributed by atoms with E-state index in [0.717, 1.165) is 24.2 Å². The average Bonchev–Trinajstić information content (AvgIpc) is 2.33. The molecule has 2 aliphatic heterocycles. The Bertz CT molecular complexity index is 420. The van der Waals surface area contributed by atoms with Gasteiger partial charge in [0.2, 0.25) is 0 Å². The third-order valence-electron chi connectivity index (χ3n) is 3.98. The lowest BCUT2D eigenvalue weighted by Crippen LogP contribution is -2.50. The predicted octanol–water partition coefficient (Wildman–Crippen LogP) is 3.16. The van der Waals surface area contributed by atoms with Gasteiger partial charge in [0.25, 0.3) is 0 Å². The number of benzene rings is 1. The lowest BCUT2D eigenvalue weighted by molar-refractivity contribution is -0.0211. The van der Waals surface area contributed by atoms with Gasteiger partial charge in [-0.1, -0.05) is 18.2 Å². The number of aliphatic hydroxyl groups excluding tert-OH is 1. The van der Waals surface area contributed by atoms with Gasteiger partial charge in [0.1, 0.15) is 11.4 Å². The fourth-order valence-electron chi connectivity index (χ4n) is 2.94. The van der Waals surface area contributed by atoms with E-state index in [4.69, 9.17) is 4.74 Å². The van der Waals surface area contributed by atoms with Gasteiger partial charge in [-0.2, -0.15) is 11.8 Å². The second-order valence-electron chi connectivity index (χ2n) is 5.04. The van der Waals surface area contributed by atoms with Crippen LogP contribution >= 0.6 is 11.8 Å². The maximum atomic E-state index is 10.3. The Hall–Kier alpha value is -0.670. The van der Waals surface area contributed by atoms with Gasteiger partial charge >= 0.3 is 0 Å². The van der Waals surface area contributed by atoms with Crippen molar-refractivity contribution in [3.63, 3.8) is 0 Å². The lowest BCUT2D eigenvalue weighted by atomic mass is 9.83. The highest BCUT2D eigenvalue weighted by atomic mass is 32.2. The summed E-state index contributed by atoms with van der Waals surface area (Å²) in [6, 6.07) is 7.88. The van der Waals surface area contributed by atoms with Gasteiger partial charge in [-0.05, 0) is 31.6 Å². The number of hydrogen-bond donors (Lipinski definition) is 1. The van der Waals surface area contributed by atoms with Crippen molar-refractivity contribution >= 4 is 11.8 Å². The summed E-state index contributed by atoms with van der Waals surface area (Å²) in [5, 5.41) is 10.8. The molecule has 1 aromatic rings. The summed E-state index contributed by atoms with van der Waals surface area (Å²) < 4.78 is 6.26. The smallest absolute Gasteiger partial charge is 0.126 e. The van der Waals surface area contributed by atoms with Crippen LogP contribution in [0.3, 0.4) is 0 Å². The van der Waals surface area contributed by atoms with Gasteiger partial charge in [0, 0.05) is 17.2 Å². The molecule has 0 radical (unpaired) electrons. The zero-order valence-corrected chi connectivity index (χ0v) is 10.9. The van der Waals surface area contributed by atoms with Gasteiger partial charge < -0.3 is 9.84 Å². The summed E-state index contributed by atoms with van der Waals surface area (Å²) in [5.74, 6) is 2.09. The molecule has 17 heavy (non-hydrogen) atoms. The van der Waals surface area contributed by atoms with Gasteiger partial charge in [-0.15, -0.1) is 0 Å². The van der Waals surface area contributed by atoms with E-state index >= 15 is 0 Å². The topological polar surface area (TPSA) is 29.5 Å². The monoisotopic (exact) mass is 250 g/mol. The normalized spacial score (nSPS) is 36.4. The Morgan fingerprint density at radius 1 is 1.41 bits per heavy atom. The second kappa shape index (κ2) is 4.21. The molecule has 0 aromatic heterocycles. The molecule has 1 N–H and O–H groups in total. The molecule has 2 nitrogen and oxygen atoms in total. The van der Waals surface area contributed by atoms with Crippen molar-refractivity contribution in [1.29, 1.82) is 0 Å². The molecule has 3 heteroatoms. The van der Waals surface area contributed by atoms with Crippen LogP contribution in [0.5, 0.6) is 5.75 Å². The van der Waals surface area contributed by atoms with E-state index in [1.54, 1.807) is 0 Å². The molecule has 3 atom stereocenters. The summed E-state index contributed by atoms with van der Waals surface area (Å²) in [5.41, 5.74) is 0.789. The van der Waals surface area contributed by atoms with Crippen molar-refractivity contribution in [2.24, 2.45) is 0 Å². The second-order valence-corrected chi connectivity index (χ2v) is 6.49. The fraction of sp³-hybridized carbons (Fsp3) is 0.571. The fourth-order valence-corrected chi connectivity index (χ4v) is 4.17. The molecular formula is C14H18O2S. The molecule has 1 fully saturated rings. The Morgan fingerprint density at radius 3 is 3.06 bits per heavy atom. The van der Waals surface area contributed by atoms with Crippen molar-refractivity contribution in [2.45, 2.75) is 43.1 Å². The predicted molar refractivity (Wildman–Crippen MR) is 70.5 cm³/mol. The Labute approximate surface area is 106 Å². The van der Waals surface area contributed by atoms with Crippen LogP contribution in [0.15, 0.2) is 24.3 Å². The van der Waals surface area contributed by atoms with Crippen LogP contribution in [0, 0.1) is 0 Å². The molecule has 1 aromatic carbocycles. The first kappa shape index (κ1) is 11.4. The third kappa shape index (κ3) is 1.85. The number of rotatable bonds is 0. The zero-order valence-electron chi connectivity index (χ0n) is 10.1. The summed E-state index contributed by atoms with van der Waals surface area (Å²) >= 11 is 1.96. The van der Waals surface area contributed by atoms with Crippen molar-refractivity contribution < 1.29 is 9.84 Å². The molecule has 0 bridgehead atoms. The van der Waals surface area contributed by atoms with E-state index in [0.29, 0.717) is 5.25 Å². The molecule has 2 heterocycles. The summed E-state index contributed by atoms with van der Waals surface area (Å²) in [6.45, 7) is 2.23. The SMILES string of the molecule is CC1SCCCC12CC(O)c1ccccc1O2. The summed E-state index contributed by atoms with van der Waals surface area (Å²) in [7, 11) is 0. The van der Waals surface area contributed by atoms with E-state index in [-0.39, 0.29) is 11.7 Å². The number of thioether (sulfide) groups is 1. The minimum absolute atomic E-state index is 0.156. The number of hydrogen-bond acceptors (Lipinski definition) is 3. The first-order valence-corrected chi connectivity index (χ1v) is 7.34. The number of fused-ring (bicyclic) bond motifs is 1. The van der Waals surface area contributed by atoms with Crippen LogP contribution in [-0.2, 0) is 0 Å². The van der Waals surface area contributed by atoms with E-state index in [1.807, 2.05) is 36.0 Å². The molecule has 1 saturated heterocycles. The zero-order chi connectivity index (χ0) is 11.9. The molecule has 0 amide bonds. The minimum atomic E-state index is -0.374. The lowest BCUT2D eigenvalue weighted by Gasteiger charge is -2.46. The van der Waals surface area contributed by atoms with Gasteiger partial charge in [0.05, 0.1) is 6.10 Å². The van der Waals surface area contributed by atoms with E-state index in [2.05, 4.69) is 6.92 Å². The summed E-state index contributed by atoms with van der Waals surface area (Å²) in [4.78, 5) is 0. The van der Waals surface area contributed by atoms with Crippen LogP contribution in [-0.4, -0.2) is 21.7 Å². The maximum absolute atomic E-state index is 10.3. The standard InChI is InChI=1S/C14H18O2S/c1-10-14(7-4-8-17-10)9-12(15)11-5-2-3-6-13(11)16-14/h2-3,5-6,10,12,15H,4,7-9H2,1H3. The van der Waals surface area contributed by atoms with Crippen molar-refractivity contribution in [1.82, 2.24) is 0 Å². The summed E-state index contributed by atoms with van der Waals surface area (Å²) in [6.07, 6.45) is 2.61. The van der Waals surface area contributed by atoms with Crippen molar-refractivity contribution in [3.8, 4) is 5.75 Å². The first-order valence-electron chi connectivity index (χ1n) is 6.29. The van der Waals surface area contributed by atoms with Crippen LogP contribution in [0.25, 0.3) is 0 Å². The molecule has 0 aliphatic carbocycles. The van der Waals surface area contributed by atoms with Gasteiger partial charge in [-0.25, -0.2) is 0 Å². The minimum Gasteiger partial charge on any atom is -0.486 e. The Morgan fingerprint density at radius 2 is 2.24 bits per heavy atom. The molecule has 3 unspecified atom stereocenters. The van der Waals surface area contributed by atoms with E-state index in [1.165, 1.54) is 12.2 Å². The molecule has 3 rings (SSSR count). The molecule has 1 spiro atoms. The highest BCUT2D eigenvalue weighted by Gasteiger charge is 2.46. The molecule has 0 saturated carbocycles. The number of aliphatic hydroxyl groups is 1. The highest BCUT2D eigenvalue weighted by molar-refractivity contribution is 8.00. The number of ether oxygens (including phenoxy) is 1. The van der Waals surface area contributed by atoms with Crippen molar-refractivity contribution in [2.75, 3.05) is 5.75 Å². The molecule has 2 aliphatic rings. The van der Waals surface area contributed by atoms with Crippen molar-refractivity contribution in [3.05, 3.63) is 29.8 Å².